The number of hydrogen-bond donors (Lipinski definition) is 2. The Morgan fingerprint density at radius 3 is 2.78 bits per heavy atom. The quantitative estimate of drug-likeness (QED) is 0.752. The maximum atomic E-state index is 12.2. The smallest absolute Gasteiger partial charge is 0.274 e. The molecule has 0 unspecified atom stereocenters. The number of carbonyl (C=O) groups excluding carboxylic acids is 1. The van der Waals surface area contributed by atoms with Crippen LogP contribution in [0.25, 0.3) is 0 Å². The van der Waals surface area contributed by atoms with E-state index in [0.717, 1.165) is 0 Å². The number of carbonyl (C=O) groups is 1. The van der Waals surface area contributed by atoms with E-state index >= 15 is 0 Å². The van der Waals surface area contributed by atoms with Crippen LogP contribution < -0.4 is 5.73 Å². The van der Waals surface area contributed by atoms with Gasteiger partial charge in [0.1, 0.15) is 5.69 Å². The molecule has 3 N–H and O–H groups in total. The molecule has 0 atom stereocenters. The summed E-state index contributed by atoms with van der Waals surface area (Å²) in [4.78, 5) is 17.8. The van der Waals surface area contributed by atoms with Gasteiger partial charge in [-0.1, -0.05) is 0 Å². The second-order valence-corrected chi connectivity index (χ2v) is 4.92. The normalized spacial score (nSPS) is 11.6. The Hall–Kier alpha value is -1.40. The number of aliphatic hydroxyl groups is 1. The number of amides is 1. The summed E-state index contributed by atoms with van der Waals surface area (Å²) in [6, 6.07) is 0. The summed E-state index contributed by atoms with van der Waals surface area (Å²) in [6.07, 6.45) is 3.28. The second-order valence-electron chi connectivity index (χ2n) is 4.92. The molecule has 1 rings (SSSR count). The van der Waals surface area contributed by atoms with Crippen molar-refractivity contribution in [3.8, 4) is 0 Å². The highest BCUT2D eigenvalue weighted by atomic mass is 16.3. The number of imidazole rings is 1. The average molecular weight is 254 g/mol. The van der Waals surface area contributed by atoms with E-state index in [0.29, 0.717) is 25.3 Å². The Balaban J connectivity index is 2.76. The fraction of sp³-hybridized carbons (Fsp3) is 0.667. The van der Waals surface area contributed by atoms with Gasteiger partial charge in [0.25, 0.3) is 5.91 Å². The van der Waals surface area contributed by atoms with Crippen molar-refractivity contribution in [1.82, 2.24) is 14.5 Å². The van der Waals surface area contributed by atoms with Crippen LogP contribution in [0.4, 0.5) is 0 Å². The van der Waals surface area contributed by atoms with Crippen molar-refractivity contribution in [2.24, 2.45) is 5.73 Å². The summed E-state index contributed by atoms with van der Waals surface area (Å²) in [6.45, 7) is 7.19. The Morgan fingerprint density at radius 1 is 1.61 bits per heavy atom. The lowest BCUT2D eigenvalue weighted by Crippen LogP contribution is -2.42. The molecule has 0 aliphatic carbocycles. The predicted molar refractivity (Wildman–Crippen MR) is 69.2 cm³/mol. The van der Waals surface area contributed by atoms with E-state index < -0.39 is 5.60 Å². The molecule has 0 fully saturated rings. The number of nitrogens with two attached hydrogens (primary N) is 1. The zero-order valence-corrected chi connectivity index (χ0v) is 11.3. The van der Waals surface area contributed by atoms with Crippen molar-refractivity contribution in [3.63, 3.8) is 0 Å². The molecule has 0 saturated carbocycles. The van der Waals surface area contributed by atoms with Crippen LogP contribution in [0.2, 0.25) is 0 Å². The molecule has 18 heavy (non-hydrogen) atoms. The molecule has 6 heteroatoms. The third-order valence-corrected chi connectivity index (χ3v) is 2.49. The molecule has 0 spiro atoms. The Bertz CT molecular complexity index is 395. The minimum Gasteiger partial charge on any atom is -0.389 e. The lowest BCUT2D eigenvalue weighted by molar-refractivity contribution is 0.0312. The van der Waals surface area contributed by atoms with Gasteiger partial charge in [-0.25, -0.2) is 4.98 Å². The molecule has 102 valence electrons. The number of rotatable bonds is 6. The second kappa shape index (κ2) is 5.97. The van der Waals surface area contributed by atoms with Gasteiger partial charge in [0.05, 0.1) is 11.9 Å². The highest BCUT2D eigenvalue weighted by Gasteiger charge is 2.23. The number of hydrogen-bond acceptors (Lipinski definition) is 4. The van der Waals surface area contributed by atoms with Crippen molar-refractivity contribution in [2.45, 2.75) is 32.9 Å². The van der Waals surface area contributed by atoms with Crippen molar-refractivity contribution in [1.29, 1.82) is 0 Å². The number of nitrogens with zero attached hydrogens (tertiary/aromatic N) is 3. The van der Waals surface area contributed by atoms with Crippen LogP contribution in [0.3, 0.4) is 0 Å². The van der Waals surface area contributed by atoms with Crippen LogP contribution in [0.5, 0.6) is 0 Å². The predicted octanol–water partition coefficient (Wildman–Crippen LogP) is 0.0748. The fourth-order valence-corrected chi connectivity index (χ4v) is 1.70. The average Bonchev–Trinajstić information content (AvgIpc) is 2.73. The van der Waals surface area contributed by atoms with Gasteiger partial charge in [-0.2, -0.15) is 0 Å². The summed E-state index contributed by atoms with van der Waals surface area (Å²) in [5.74, 6) is -0.171. The van der Waals surface area contributed by atoms with Crippen LogP contribution in [-0.2, 0) is 6.54 Å². The van der Waals surface area contributed by atoms with Gasteiger partial charge in [0.2, 0.25) is 0 Å². The molecule has 0 aromatic carbocycles. The maximum absolute atomic E-state index is 12.2. The molecule has 0 saturated heterocycles. The summed E-state index contributed by atoms with van der Waals surface area (Å²) in [5, 5.41) is 9.77. The first-order valence-electron chi connectivity index (χ1n) is 6.11. The van der Waals surface area contributed by atoms with E-state index in [1.54, 1.807) is 35.8 Å². The molecule has 1 aromatic rings. The molecule has 0 aliphatic heterocycles. The minimum atomic E-state index is -0.911. The Morgan fingerprint density at radius 2 is 2.28 bits per heavy atom. The molecule has 0 bridgehead atoms. The first-order valence-corrected chi connectivity index (χ1v) is 6.11. The number of likely N-dealkylation sites (N-methyl/N-ethyl adjacent to an activating group) is 1. The summed E-state index contributed by atoms with van der Waals surface area (Å²) in [7, 11) is 0. The van der Waals surface area contributed by atoms with Gasteiger partial charge in [0.15, 0.2) is 0 Å². The molecule has 1 heterocycles. The maximum Gasteiger partial charge on any atom is 0.274 e. The first-order chi connectivity index (χ1) is 8.37. The molecule has 1 aromatic heterocycles. The fourth-order valence-electron chi connectivity index (χ4n) is 1.70. The zero-order valence-electron chi connectivity index (χ0n) is 11.3. The molecule has 0 radical (unpaired) electrons. The minimum absolute atomic E-state index is 0.171. The van der Waals surface area contributed by atoms with Crippen molar-refractivity contribution < 1.29 is 9.90 Å². The first kappa shape index (κ1) is 14.7. The largest absolute Gasteiger partial charge is 0.389 e. The van der Waals surface area contributed by atoms with Crippen molar-refractivity contribution >= 4 is 5.91 Å². The lowest BCUT2D eigenvalue weighted by atomic mass is 10.1. The summed E-state index contributed by atoms with van der Waals surface area (Å²) >= 11 is 0. The van der Waals surface area contributed by atoms with E-state index in [2.05, 4.69) is 4.98 Å². The van der Waals surface area contributed by atoms with Gasteiger partial charge in [-0.05, 0) is 20.8 Å². The van der Waals surface area contributed by atoms with Gasteiger partial charge in [-0.15, -0.1) is 0 Å². The topological polar surface area (TPSA) is 84.4 Å². The highest BCUT2D eigenvalue weighted by molar-refractivity contribution is 5.92. The third-order valence-electron chi connectivity index (χ3n) is 2.49. The molecule has 6 nitrogen and oxygen atoms in total. The van der Waals surface area contributed by atoms with E-state index in [1.807, 2.05) is 6.92 Å². The Labute approximate surface area is 107 Å². The van der Waals surface area contributed by atoms with E-state index in [-0.39, 0.29) is 12.5 Å². The Kier molecular flexibility index (Phi) is 4.86. The van der Waals surface area contributed by atoms with Crippen LogP contribution in [0, 0.1) is 0 Å². The molecule has 1 amide bonds. The SMILES string of the molecule is CCN(CC(C)(C)O)C(=O)c1cn(CCN)cn1. The van der Waals surface area contributed by atoms with Crippen molar-refractivity contribution in [2.75, 3.05) is 19.6 Å². The molecular formula is C12H22N4O2. The van der Waals surface area contributed by atoms with Crippen LogP contribution >= 0.6 is 0 Å². The molecular weight excluding hydrogens is 232 g/mol. The van der Waals surface area contributed by atoms with Crippen LogP contribution in [0.15, 0.2) is 12.5 Å². The standard InChI is InChI=1S/C12H22N4O2/c1-4-16(8-12(2,3)18)11(17)10-7-15(6-5-13)9-14-10/h7,9,18H,4-6,8,13H2,1-3H3. The highest BCUT2D eigenvalue weighted by Crippen LogP contribution is 2.09. The van der Waals surface area contributed by atoms with E-state index in [9.17, 15) is 9.90 Å². The summed E-state index contributed by atoms with van der Waals surface area (Å²) in [5.41, 5.74) is 4.91. The molecule has 0 aliphatic rings. The van der Waals surface area contributed by atoms with E-state index in [1.165, 1.54) is 0 Å². The van der Waals surface area contributed by atoms with Crippen LogP contribution in [0.1, 0.15) is 31.3 Å². The van der Waals surface area contributed by atoms with E-state index in [4.69, 9.17) is 5.73 Å². The van der Waals surface area contributed by atoms with Crippen molar-refractivity contribution in [3.05, 3.63) is 18.2 Å². The van der Waals surface area contributed by atoms with Gasteiger partial charge >= 0.3 is 0 Å². The third kappa shape index (κ3) is 4.12. The monoisotopic (exact) mass is 254 g/mol. The van der Waals surface area contributed by atoms with Crippen LogP contribution in [-0.4, -0.2) is 50.7 Å². The zero-order chi connectivity index (χ0) is 13.8. The summed E-state index contributed by atoms with van der Waals surface area (Å²) < 4.78 is 1.78. The lowest BCUT2D eigenvalue weighted by Gasteiger charge is -2.27. The van der Waals surface area contributed by atoms with Gasteiger partial charge in [0, 0.05) is 32.4 Å². The van der Waals surface area contributed by atoms with Gasteiger partial charge in [-0.3, -0.25) is 4.79 Å². The number of aromatic nitrogens is 2. The van der Waals surface area contributed by atoms with Gasteiger partial charge < -0.3 is 20.3 Å².